The summed E-state index contributed by atoms with van der Waals surface area (Å²) in [5.41, 5.74) is -0.391. The van der Waals surface area contributed by atoms with Crippen molar-refractivity contribution >= 4 is 22.9 Å². The number of hydrogen-bond donors (Lipinski definition) is 4. The Hall–Kier alpha value is -2.93. The first-order valence-electron chi connectivity index (χ1n) is 13.6. The van der Waals surface area contributed by atoms with E-state index in [1.165, 1.54) is 51.3 Å². The van der Waals surface area contributed by atoms with Gasteiger partial charge in [-0.1, -0.05) is 39.0 Å². The number of hydrogen-bond acceptors (Lipinski definition) is 7. The van der Waals surface area contributed by atoms with E-state index in [4.69, 9.17) is 0 Å². The highest BCUT2D eigenvalue weighted by Gasteiger charge is 2.43. The van der Waals surface area contributed by atoms with Gasteiger partial charge in [-0.05, 0) is 50.4 Å². The molecule has 194 valence electrons. The topological polar surface area (TPSA) is 143 Å². The number of rotatable bonds is 7. The first-order valence-corrected chi connectivity index (χ1v) is 13.6. The Morgan fingerprint density at radius 2 is 1.97 bits per heavy atom. The zero-order chi connectivity index (χ0) is 25.1. The smallest absolute Gasteiger partial charge is 0.325 e. The number of amides is 1. The number of likely N-dealkylation sites (tertiary alicyclic amines) is 1. The van der Waals surface area contributed by atoms with Crippen LogP contribution in [0, 0.1) is 23.2 Å². The average Bonchev–Trinajstić information content (AvgIpc) is 3.48. The van der Waals surface area contributed by atoms with Crippen LogP contribution in [0.25, 0.3) is 11.2 Å². The van der Waals surface area contributed by atoms with Gasteiger partial charge < -0.3 is 15.6 Å². The Morgan fingerprint density at radius 3 is 2.72 bits per heavy atom. The molecule has 3 heterocycles. The second-order valence-electron chi connectivity index (χ2n) is 11.3. The maximum absolute atomic E-state index is 13.7. The molecule has 2 aromatic rings. The number of aromatic amines is 2. The van der Waals surface area contributed by atoms with Gasteiger partial charge in [-0.25, -0.2) is 14.8 Å². The van der Waals surface area contributed by atoms with Crippen LogP contribution in [0.15, 0.2) is 11.1 Å². The van der Waals surface area contributed by atoms with E-state index in [-0.39, 0.29) is 11.6 Å². The van der Waals surface area contributed by atoms with Gasteiger partial charge in [0.25, 0.3) is 0 Å². The Labute approximate surface area is 211 Å². The first kappa shape index (κ1) is 24.8. The molecule has 5 rings (SSSR count). The van der Waals surface area contributed by atoms with Crippen LogP contribution in [0.3, 0.4) is 0 Å². The Morgan fingerprint density at radius 1 is 1.19 bits per heavy atom. The molecule has 0 radical (unpaired) electrons. The maximum Gasteiger partial charge on any atom is 0.325 e. The average molecular weight is 495 g/mol. The second-order valence-corrected chi connectivity index (χ2v) is 11.3. The van der Waals surface area contributed by atoms with Crippen molar-refractivity contribution in [3.05, 3.63) is 16.8 Å². The molecule has 1 amide bonds. The van der Waals surface area contributed by atoms with Crippen molar-refractivity contribution in [3.8, 4) is 6.07 Å². The molecule has 3 fully saturated rings. The number of anilines is 1. The Balaban J connectivity index is 1.32. The van der Waals surface area contributed by atoms with Gasteiger partial charge in [0.05, 0.1) is 6.07 Å². The number of carbonyl (C=O) groups excluding carboxylic acids is 1. The molecule has 1 saturated heterocycles. The van der Waals surface area contributed by atoms with Crippen LogP contribution in [-0.2, 0) is 4.79 Å². The van der Waals surface area contributed by atoms with Gasteiger partial charge in [-0.15, -0.1) is 0 Å². The van der Waals surface area contributed by atoms with E-state index in [0.717, 1.165) is 25.3 Å². The summed E-state index contributed by atoms with van der Waals surface area (Å²) >= 11 is 0. The second kappa shape index (κ2) is 10.6. The van der Waals surface area contributed by atoms with Gasteiger partial charge in [0, 0.05) is 19.1 Å². The third-order valence-corrected chi connectivity index (χ3v) is 8.62. The number of nitrogens with zero attached hydrogens (tertiary/aromatic N) is 4. The number of imidazole rings is 1. The lowest BCUT2D eigenvalue weighted by Gasteiger charge is -2.34. The molecule has 0 aromatic carbocycles. The van der Waals surface area contributed by atoms with Crippen molar-refractivity contribution in [2.45, 2.75) is 95.2 Å². The van der Waals surface area contributed by atoms with E-state index >= 15 is 0 Å². The van der Waals surface area contributed by atoms with Crippen molar-refractivity contribution < 1.29 is 4.79 Å². The minimum atomic E-state index is -0.879. The molecular weight excluding hydrogens is 456 g/mol. The summed E-state index contributed by atoms with van der Waals surface area (Å²) < 4.78 is 0. The highest BCUT2D eigenvalue weighted by molar-refractivity contribution is 5.89. The summed E-state index contributed by atoms with van der Waals surface area (Å²) in [7, 11) is 0. The minimum Gasteiger partial charge on any atom is -0.356 e. The number of H-pyrrole nitrogens is 2. The minimum absolute atomic E-state index is 0.175. The molecule has 3 aliphatic rings. The SMILES string of the molecule is CC1CCC(N2CCC(C#N)(NC(=O)C(CC3CCCCC3)Nc3ncnc4[nH]c(=O)[nH]c34)C2)CC1. The molecule has 2 unspecified atom stereocenters. The quantitative estimate of drug-likeness (QED) is 0.463. The van der Waals surface area contributed by atoms with Crippen LogP contribution in [-0.4, -0.2) is 61.5 Å². The first-order chi connectivity index (χ1) is 17.4. The fourth-order valence-electron chi connectivity index (χ4n) is 6.42. The molecule has 0 spiro atoms. The Kier molecular flexibility index (Phi) is 7.28. The summed E-state index contributed by atoms with van der Waals surface area (Å²) in [5, 5.41) is 16.6. The fraction of sp³-hybridized carbons (Fsp3) is 0.731. The number of fused-ring (bicyclic) bond motifs is 1. The van der Waals surface area contributed by atoms with Gasteiger partial charge in [0.15, 0.2) is 11.5 Å². The predicted molar refractivity (Wildman–Crippen MR) is 137 cm³/mol. The highest BCUT2D eigenvalue weighted by atomic mass is 16.2. The van der Waals surface area contributed by atoms with E-state index in [2.05, 4.69) is 48.5 Å². The summed E-state index contributed by atoms with van der Waals surface area (Å²) in [5.74, 6) is 1.46. The van der Waals surface area contributed by atoms with Gasteiger partial charge in [0.1, 0.15) is 23.4 Å². The third kappa shape index (κ3) is 5.41. The van der Waals surface area contributed by atoms with Crippen LogP contribution in [0.2, 0.25) is 0 Å². The van der Waals surface area contributed by atoms with Crippen LogP contribution < -0.4 is 16.3 Å². The normalized spacial score (nSPS) is 28.6. The molecule has 0 bridgehead atoms. The standard InChI is InChI=1S/C26H38N8O2/c1-17-7-9-19(10-8-17)34-12-11-26(14-27,15-34)33-24(35)20(13-18-5-3-2-4-6-18)30-22-21-23(29-16-28-22)32-25(36)31-21/h16-20H,2-13,15H2,1H3,(H,33,35)(H3,28,29,30,31,32,36). The highest BCUT2D eigenvalue weighted by Crippen LogP contribution is 2.33. The molecule has 2 saturated carbocycles. The van der Waals surface area contributed by atoms with Gasteiger partial charge in [-0.3, -0.25) is 14.7 Å². The summed E-state index contributed by atoms with van der Waals surface area (Å²) in [6.07, 6.45) is 13.3. The number of nitrogens with one attached hydrogen (secondary N) is 4. The zero-order valence-corrected chi connectivity index (χ0v) is 21.2. The van der Waals surface area contributed by atoms with E-state index in [1.54, 1.807) is 0 Å². The van der Waals surface area contributed by atoms with Gasteiger partial charge in [-0.2, -0.15) is 5.26 Å². The van der Waals surface area contributed by atoms with E-state index in [0.29, 0.717) is 48.3 Å². The zero-order valence-electron chi connectivity index (χ0n) is 21.2. The van der Waals surface area contributed by atoms with Crippen LogP contribution in [0.1, 0.15) is 77.6 Å². The summed E-state index contributed by atoms with van der Waals surface area (Å²) in [4.78, 5) is 41.8. The van der Waals surface area contributed by atoms with Crippen molar-refractivity contribution in [1.29, 1.82) is 5.26 Å². The van der Waals surface area contributed by atoms with E-state index in [1.807, 2.05) is 0 Å². The lowest BCUT2D eigenvalue weighted by molar-refractivity contribution is -0.123. The molecule has 1 aliphatic heterocycles. The lowest BCUT2D eigenvalue weighted by atomic mass is 9.84. The predicted octanol–water partition coefficient (Wildman–Crippen LogP) is 3.06. The van der Waals surface area contributed by atoms with Crippen molar-refractivity contribution in [2.24, 2.45) is 11.8 Å². The van der Waals surface area contributed by atoms with Crippen molar-refractivity contribution in [2.75, 3.05) is 18.4 Å². The molecule has 2 aromatic heterocycles. The van der Waals surface area contributed by atoms with E-state index < -0.39 is 11.6 Å². The molecule has 2 aliphatic carbocycles. The van der Waals surface area contributed by atoms with Crippen molar-refractivity contribution in [3.63, 3.8) is 0 Å². The number of nitriles is 1. The molecule has 10 nitrogen and oxygen atoms in total. The molecular formula is C26H38N8O2. The fourth-order valence-corrected chi connectivity index (χ4v) is 6.42. The van der Waals surface area contributed by atoms with Crippen LogP contribution >= 0.6 is 0 Å². The number of carbonyl (C=O) groups is 1. The number of aromatic nitrogens is 4. The lowest BCUT2D eigenvalue weighted by Crippen LogP contribution is -2.55. The largest absolute Gasteiger partial charge is 0.356 e. The maximum atomic E-state index is 13.7. The van der Waals surface area contributed by atoms with E-state index in [9.17, 15) is 14.9 Å². The molecule has 4 N–H and O–H groups in total. The van der Waals surface area contributed by atoms with Crippen molar-refractivity contribution in [1.82, 2.24) is 30.2 Å². The Bertz CT molecular complexity index is 1150. The molecule has 2 atom stereocenters. The van der Waals surface area contributed by atoms with Crippen LogP contribution in [0.4, 0.5) is 5.82 Å². The third-order valence-electron chi connectivity index (χ3n) is 8.62. The monoisotopic (exact) mass is 494 g/mol. The molecule has 36 heavy (non-hydrogen) atoms. The molecule has 10 heteroatoms. The van der Waals surface area contributed by atoms with Gasteiger partial charge >= 0.3 is 5.69 Å². The van der Waals surface area contributed by atoms with Gasteiger partial charge in [0.2, 0.25) is 5.91 Å². The summed E-state index contributed by atoms with van der Waals surface area (Å²) in [6, 6.07) is 2.41. The van der Waals surface area contributed by atoms with Crippen LogP contribution in [0.5, 0.6) is 0 Å². The summed E-state index contributed by atoms with van der Waals surface area (Å²) in [6.45, 7) is 3.73.